The summed E-state index contributed by atoms with van der Waals surface area (Å²) in [5, 5.41) is 5.95. The predicted molar refractivity (Wildman–Crippen MR) is 108 cm³/mol. The van der Waals surface area contributed by atoms with Crippen molar-refractivity contribution in [3.8, 4) is 5.69 Å². The summed E-state index contributed by atoms with van der Waals surface area (Å²) in [6.07, 6.45) is 0.441. The molecular weight excluding hydrogens is 411 g/mol. The Morgan fingerprint density at radius 2 is 1.94 bits per heavy atom. The number of alkyl halides is 3. The van der Waals surface area contributed by atoms with E-state index in [2.05, 4.69) is 25.6 Å². The number of hydrogen-bond donors (Lipinski definition) is 2. The summed E-state index contributed by atoms with van der Waals surface area (Å²) in [6, 6.07) is 6.05. The van der Waals surface area contributed by atoms with Gasteiger partial charge >= 0.3 is 12.2 Å². The van der Waals surface area contributed by atoms with Gasteiger partial charge in [-0.15, -0.1) is 0 Å². The molecule has 0 spiro atoms. The van der Waals surface area contributed by atoms with Gasteiger partial charge in [-0.3, -0.25) is 4.90 Å². The van der Waals surface area contributed by atoms with Gasteiger partial charge in [0.15, 0.2) is 0 Å². The fourth-order valence-corrected chi connectivity index (χ4v) is 3.25. The molecule has 11 heteroatoms. The van der Waals surface area contributed by atoms with Gasteiger partial charge in [-0.2, -0.15) is 18.2 Å². The zero-order chi connectivity index (χ0) is 22.2. The van der Waals surface area contributed by atoms with Gasteiger partial charge in [-0.05, 0) is 44.2 Å². The summed E-state index contributed by atoms with van der Waals surface area (Å²) < 4.78 is 39.9. The van der Waals surface area contributed by atoms with Crippen LogP contribution in [0.25, 0.3) is 5.69 Å². The van der Waals surface area contributed by atoms with Crippen molar-refractivity contribution in [1.29, 1.82) is 0 Å². The molecule has 2 atom stereocenters. The highest BCUT2D eigenvalue weighted by atomic mass is 19.4. The minimum absolute atomic E-state index is 0.0342. The highest BCUT2D eigenvalue weighted by Crippen LogP contribution is 2.29. The molecule has 0 saturated carbocycles. The summed E-state index contributed by atoms with van der Waals surface area (Å²) in [6.45, 7) is 4.29. The molecule has 1 aromatic carbocycles. The second-order valence-electron chi connectivity index (χ2n) is 7.32. The van der Waals surface area contributed by atoms with Crippen LogP contribution in [0.4, 0.5) is 29.7 Å². The van der Waals surface area contributed by atoms with Crippen LogP contribution in [0, 0.1) is 0 Å². The van der Waals surface area contributed by atoms with Gasteiger partial charge in [0.2, 0.25) is 5.95 Å². The lowest BCUT2D eigenvalue weighted by molar-refractivity contribution is -0.137. The smallest absolute Gasteiger partial charge is 0.346 e. The lowest BCUT2D eigenvalue weighted by atomic mass is 10.2. The fourth-order valence-electron chi connectivity index (χ4n) is 3.25. The molecule has 0 radical (unpaired) electrons. The first-order valence-electron chi connectivity index (χ1n) is 9.60. The molecule has 2 N–H and O–H groups in total. The molecule has 1 aliphatic rings. The number of rotatable bonds is 5. The maximum absolute atomic E-state index is 12.7. The van der Waals surface area contributed by atoms with E-state index in [-0.39, 0.29) is 18.1 Å². The average molecular weight is 431 g/mol. The molecule has 0 aliphatic carbocycles. The van der Waals surface area contributed by atoms with E-state index in [0.29, 0.717) is 29.7 Å². The Balaban J connectivity index is 1.47. The molecule has 2 aromatic heterocycles. The lowest BCUT2D eigenvalue weighted by Crippen LogP contribution is -2.29. The number of imidazole rings is 1. The van der Waals surface area contributed by atoms with Crippen LogP contribution in [0.3, 0.4) is 0 Å². The first-order valence-corrected chi connectivity index (χ1v) is 9.60. The Labute approximate surface area is 176 Å². The summed E-state index contributed by atoms with van der Waals surface area (Å²) >= 11 is 0. The normalized spacial score (nSPS) is 17.5. The number of halogens is 3. The van der Waals surface area contributed by atoms with Crippen molar-refractivity contribution >= 4 is 17.8 Å². The molecule has 31 heavy (non-hydrogen) atoms. The van der Waals surface area contributed by atoms with Crippen molar-refractivity contribution in [3.63, 3.8) is 0 Å². The molecule has 3 aromatic rings. The van der Waals surface area contributed by atoms with Gasteiger partial charge in [-0.1, -0.05) is 0 Å². The second-order valence-corrected chi connectivity index (χ2v) is 7.32. The topological polar surface area (TPSA) is 88.0 Å². The molecule has 1 aliphatic heterocycles. The van der Waals surface area contributed by atoms with Crippen LogP contribution in [0.15, 0.2) is 49.1 Å². The van der Waals surface area contributed by atoms with Crippen LogP contribution in [0.1, 0.15) is 31.1 Å². The van der Waals surface area contributed by atoms with Crippen LogP contribution in [0.5, 0.6) is 0 Å². The SMILES string of the molecule is CC1CN(c2ccnc(NC(C)c3cn(-c4ccc(C(F)(F)F)cc4)cn3)n2)C(=O)N1. The van der Waals surface area contributed by atoms with Crippen molar-refractivity contribution in [2.24, 2.45) is 0 Å². The maximum Gasteiger partial charge on any atom is 0.416 e. The van der Waals surface area contributed by atoms with Gasteiger partial charge in [0, 0.05) is 30.7 Å². The number of carbonyl (C=O) groups excluding carboxylic acids is 1. The third kappa shape index (κ3) is 4.44. The van der Waals surface area contributed by atoms with Gasteiger partial charge in [0.25, 0.3) is 0 Å². The number of urea groups is 1. The molecule has 8 nitrogen and oxygen atoms in total. The van der Waals surface area contributed by atoms with E-state index in [1.165, 1.54) is 18.5 Å². The third-order valence-electron chi connectivity index (χ3n) is 4.87. The first-order chi connectivity index (χ1) is 14.7. The molecule has 0 bridgehead atoms. The molecular formula is C20H20F3N7O. The summed E-state index contributed by atoms with van der Waals surface area (Å²) in [5.74, 6) is 0.822. The number of aromatic nitrogens is 4. The summed E-state index contributed by atoms with van der Waals surface area (Å²) in [4.78, 5) is 26.5. The molecule has 2 unspecified atom stereocenters. The predicted octanol–water partition coefficient (Wildman–Crippen LogP) is 3.77. The molecule has 162 valence electrons. The maximum atomic E-state index is 12.7. The number of benzene rings is 1. The van der Waals surface area contributed by atoms with E-state index in [1.54, 1.807) is 27.9 Å². The van der Waals surface area contributed by atoms with Crippen molar-refractivity contribution in [3.05, 3.63) is 60.3 Å². The van der Waals surface area contributed by atoms with Gasteiger partial charge in [0.05, 0.1) is 23.6 Å². The zero-order valence-corrected chi connectivity index (χ0v) is 16.8. The zero-order valence-electron chi connectivity index (χ0n) is 16.8. The van der Waals surface area contributed by atoms with Crippen LogP contribution in [-0.2, 0) is 6.18 Å². The average Bonchev–Trinajstić information content (AvgIpc) is 3.34. The number of hydrogen-bond acceptors (Lipinski definition) is 5. The minimum atomic E-state index is -4.38. The highest BCUT2D eigenvalue weighted by molar-refractivity contribution is 5.93. The molecule has 1 fully saturated rings. The van der Waals surface area contributed by atoms with E-state index >= 15 is 0 Å². The number of anilines is 2. The Morgan fingerprint density at radius 1 is 1.19 bits per heavy atom. The quantitative estimate of drug-likeness (QED) is 0.642. The van der Waals surface area contributed by atoms with Crippen LogP contribution in [0.2, 0.25) is 0 Å². The largest absolute Gasteiger partial charge is 0.416 e. The van der Waals surface area contributed by atoms with Crippen molar-refractivity contribution in [2.45, 2.75) is 32.1 Å². The van der Waals surface area contributed by atoms with E-state index in [9.17, 15) is 18.0 Å². The van der Waals surface area contributed by atoms with Gasteiger partial charge < -0.3 is 15.2 Å². The fraction of sp³-hybridized carbons (Fsp3) is 0.300. The molecule has 4 rings (SSSR count). The van der Waals surface area contributed by atoms with Crippen LogP contribution >= 0.6 is 0 Å². The van der Waals surface area contributed by atoms with Gasteiger partial charge in [-0.25, -0.2) is 14.8 Å². The third-order valence-corrected chi connectivity index (χ3v) is 4.87. The molecule has 2 amide bonds. The number of nitrogens with one attached hydrogen (secondary N) is 2. The number of nitrogens with zero attached hydrogens (tertiary/aromatic N) is 5. The van der Waals surface area contributed by atoms with Crippen molar-refractivity contribution in [1.82, 2.24) is 24.8 Å². The monoisotopic (exact) mass is 431 g/mol. The van der Waals surface area contributed by atoms with E-state index in [1.807, 2.05) is 13.8 Å². The number of amides is 2. The first kappa shape index (κ1) is 20.6. The summed E-state index contributed by atoms with van der Waals surface area (Å²) in [5.41, 5.74) is 0.512. The van der Waals surface area contributed by atoms with Crippen molar-refractivity contribution < 1.29 is 18.0 Å². The highest BCUT2D eigenvalue weighted by Gasteiger charge is 2.30. The van der Waals surface area contributed by atoms with E-state index in [4.69, 9.17) is 0 Å². The minimum Gasteiger partial charge on any atom is -0.346 e. The Kier molecular flexibility index (Phi) is 5.25. The van der Waals surface area contributed by atoms with Crippen molar-refractivity contribution in [2.75, 3.05) is 16.8 Å². The Hall–Kier alpha value is -3.63. The van der Waals surface area contributed by atoms with Crippen LogP contribution in [-0.4, -0.2) is 38.1 Å². The Bertz CT molecular complexity index is 1080. The summed E-state index contributed by atoms with van der Waals surface area (Å²) in [7, 11) is 0. The van der Waals surface area contributed by atoms with E-state index in [0.717, 1.165) is 12.1 Å². The lowest BCUT2D eigenvalue weighted by Gasteiger charge is -2.16. The number of carbonyl (C=O) groups is 1. The standard InChI is InChI=1S/C20H20F3N7O/c1-12-9-30(19(31)26-12)17-7-8-24-18(28-17)27-13(2)16-10-29(11-25-16)15-5-3-14(4-6-15)20(21,22)23/h3-8,10-13H,9H2,1-2H3,(H,26,31)(H,24,27,28). The second kappa shape index (κ2) is 7.89. The molecule has 1 saturated heterocycles. The molecule has 3 heterocycles. The van der Waals surface area contributed by atoms with E-state index < -0.39 is 11.7 Å². The Morgan fingerprint density at radius 3 is 2.58 bits per heavy atom. The van der Waals surface area contributed by atoms with Crippen LogP contribution < -0.4 is 15.5 Å². The van der Waals surface area contributed by atoms with Gasteiger partial charge in [0.1, 0.15) is 5.82 Å².